The molecule has 1 unspecified atom stereocenters. The van der Waals surface area contributed by atoms with Crippen molar-refractivity contribution < 1.29 is 22.2 Å². The molecule has 1 saturated carbocycles. The summed E-state index contributed by atoms with van der Waals surface area (Å²) in [5.74, 6) is -0.108. The van der Waals surface area contributed by atoms with Crippen LogP contribution in [0.3, 0.4) is 0 Å². The molecular formula is C11H17NO5S. The molecule has 0 aromatic carbocycles. The first-order valence-electron chi connectivity index (χ1n) is 5.91. The molecule has 1 aliphatic carbocycles. The van der Waals surface area contributed by atoms with Crippen LogP contribution in [0.25, 0.3) is 0 Å². The largest absolute Gasteiger partial charge is 0.338 e. The van der Waals surface area contributed by atoms with Crippen LogP contribution in [0, 0.1) is 0 Å². The van der Waals surface area contributed by atoms with Crippen molar-refractivity contribution in [3.8, 4) is 0 Å². The highest BCUT2D eigenvalue weighted by Gasteiger charge is 2.51. The Morgan fingerprint density at radius 2 is 1.83 bits per heavy atom. The van der Waals surface area contributed by atoms with Gasteiger partial charge in [-0.05, 0) is 12.8 Å². The molecule has 102 valence electrons. The van der Waals surface area contributed by atoms with Crippen molar-refractivity contribution in [2.24, 2.45) is 0 Å². The molecule has 1 aliphatic heterocycles. The van der Waals surface area contributed by atoms with E-state index in [2.05, 4.69) is 0 Å². The van der Waals surface area contributed by atoms with Crippen molar-refractivity contribution in [2.45, 2.75) is 43.7 Å². The van der Waals surface area contributed by atoms with Gasteiger partial charge in [0.05, 0.1) is 6.26 Å². The zero-order valence-electron chi connectivity index (χ0n) is 10.5. The van der Waals surface area contributed by atoms with Crippen molar-refractivity contribution in [3.63, 3.8) is 0 Å². The minimum atomic E-state index is -3.64. The molecule has 0 radical (unpaired) electrons. The van der Waals surface area contributed by atoms with Gasteiger partial charge in [0, 0.05) is 31.8 Å². The van der Waals surface area contributed by atoms with Crippen molar-refractivity contribution in [1.82, 2.24) is 4.90 Å². The number of hydrogen-bond acceptors (Lipinski definition) is 5. The van der Waals surface area contributed by atoms with E-state index >= 15 is 0 Å². The van der Waals surface area contributed by atoms with Gasteiger partial charge in [-0.3, -0.25) is 13.8 Å². The van der Waals surface area contributed by atoms with Crippen LogP contribution >= 0.6 is 0 Å². The van der Waals surface area contributed by atoms with Crippen LogP contribution in [0.5, 0.6) is 0 Å². The zero-order chi connectivity index (χ0) is 13.6. The summed E-state index contributed by atoms with van der Waals surface area (Å²) in [6, 6.07) is 0. The van der Waals surface area contributed by atoms with Crippen LogP contribution in [0.1, 0.15) is 32.1 Å². The van der Waals surface area contributed by atoms with Gasteiger partial charge >= 0.3 is 0 Å². The van der Waals surface area contributed by atoms with E-state index < -0.39 is 21.8 Å². The van der Waals surface area contributed by atoms with Gasteiger partial charge < -0.3 is 4.90 Å². The van der Waals surface area contributed by atoms with Gasteiger partial charge in [-0.25, -0.2) is 0 Å². The molecular weight excluding hydrogens is 258 g/mol. The number of ketones is 1. The Labute approximate surface area is 106 Å². The average molecular weight is 275 g/mol. The lowest BCUT2D eigenvalue weighted by Crippen LogP contribution is -2.45. The molecule has 0 aromatic rings. The third kappa shape index (κ3) is 2.42. The number of likely N-dealkylation sites (N-methyl/N-ethyl adjacent to an activating group) is 1. The van der Waals surface area contributed by atoms with Crippen LogP contribution < -0.4 is 0 Å². The molecule has 2 aliphatic rings. The first-order chi connectivity index (χ1) is 8.23. The van der Waals surface area contributed by atoms with Crippen LogP contribution in [-0.4, -0.2) is 50.0 Å². The maximum absolute atomic E-state index is 12.0. The van der Waals surface area contributed by atoms with E-state index in [1.165, 1.54) is 0 Å². The summed E-state index contributed by atoms with van der Waals surface area (Å²) in [6.45, 7) is 0. The molecule has 2 rings (SSSR count). The maximum atomic E-state index is 12.0. The van der Waals surface area contributed by atoms with Crippen molar-refractivity contribution >= 4 is 21.8 Å². The molecule has 1 spiro atoms. The highest BCUT2D eigenvalue weighted by molar-refractivity contribution is 7.86. The van der Waals surface area contributed by atoms with Crippen LogP contribution in [-0.2, 0) is 23.9 Å². The summed E-state index contributed by atoms with van der Waals surface area (Å²) in [7, 11) is -1.99. The van der Waals surface area contributed by atoms with Crippen molar-refractivity contribution in [3.05, 3.63) is 0 Å². The Morgan fingerprint density at radius 1 is 1.28 bits per heavy atom. The van der Waals surface area contributed by atoms with E-state index in [0.29, 0.717) is 32.1 Å². The van der Waals surface area contributed by atoms with Crippen LogP contribution in [0.4, 0.5) is 0 Å². The molecule has 0 N–H and O–H groups in total. The standard InChI is InChI=1S/C11H17NO5S/c1-12-10(14)9(17-18(2,15)16)7-11(12)5-3-8(13)4-6-11/h9H,3-7H2,1-2H3. The Kier molecular flexibility index (Phi) is 3.23. The minimum Gasteiger partial charge on any atom is -0.338 e. The number of hydrogen-bond donors (Lipinski definition) is 0. The van der Waals surface area contributed by atoms with Crippen LogP contribution in [0.2, 0.25) is 0 Å². The van der Waals surface area contributed by atoms with E-state index in [9.17, 15) is 18.0 Å². The van der Waals surface area contributed by atoms with Gasteiger partial charge in [0.1, 0.15) is 5.78 Å². The highest BCUT2D eigenvalue weighted by Crippen LogP contribution is 2.41. The Hall–Kier alpha value is -0.950. The zero-order valence-corrected chi connectivity index (χ0v) is 11.3. The van der Waals surface area contributed by atoms with E-state index in [-0.39, 0.29) is 11.7 Å². The SMILES string of the molecule is CN1C(=O)C(OS(C)(=O)=O)CC12CCC(=O)CC2. The number of nitrogens with zero attached hydrogens (tertiary/aromatic N) is 1. The normalized spacial score (nSPS) is 28.1. The number of amides is 1. The van der Waals surface area contributed by atoms with Gasteiger partial charge in [0.15, 0.2) is 6.10 Å². The van der Waals surface area contributed by atoms with Crippen molar-refractivity contribution in [2.75, 3.05) is 13.3 Å². The Morgan fingerprint density at radius 3 is 2.33 bits per heavy atom. The minimum absolute atomic E-state index is 0.203. The second kappa shape index (κ2) is 4.31. The van der Waals surface area contributed by atoms with Gasteiger partial charge in [-0.2, -0.15) is 8.42 Å². The molecule has 1 saturated heterocycles. The summed E-state index contributed by atoms with van der Waals surface area (Å²) < 4.78 is 27.1. The summed E-state index contributed by atoms with van der Waals surface area (Å²) >= 11 is 0. The second-order valence-electron chi connectivity index (χ2n) is 5.15. The Bertz CT molecular complexity index is 474. The number of likely N-dealkylation sites (tertiary alicyclic amines) is 1. The number of rotatable bonds is 2. The number of Topliss-reactive ketones (excluding diaryl/α,β-unsaturated/α-hetero) is 1. The summed E-state index contributed by atoms with van der Waals surface area (Å²) in [6.07, 6.45) is 2.44. The molecule has 18 heavy (non-hydrogen) atoms. The molecule has 0 bridgehead atoms. The lowest BCUT2D eigenvalue weighted by molar-refractivity contribution is -0.136. The number of carbonyl (C=O) groups is 2. The first-order valence-corrected chi connectivity index (χ1v) is 7.73. The fourth-order valence-electron chi connectivity index (χ4n) is 2.84. The topological polar surface area (TPSA) is 80.8 Å². The molecule has 1 amide bonds. The molecule has 7 heteroatoms. The van der Waals surface area contributed by atoms with E-state index in [0.717, 1.165) is 6.26 Å². The summed E-state index contributed by atoms with van der Waals surface area (Å²) in [4.78, 5) is 24.8. The maximum Gasteiger partial charge on any atom is 0.265 e. The fourth-order valence-corrected chi connectivity index (χ4v) is 3.41. The number of carbonyl (C=O) groups excluding carboxylic acids is 2. The third-order valence-corrected chi connectivity index (χ3v) is 4.49. The van der Waals surface area contributed by atoms with Gasteiger partial charge in [-0.15, -0.1) is 0 Å². The van der Waals surface area contributed by atoms with Gasteiger partial charge in [-0.1, -0.05) is 0 Å². The first kappa shape index (κ1) is 13.5. The molecule has 2 fully saturated rings. The Balaban J connectivity index is 2.16. The van der Waals surface area contributed by atoms with Crippen molar-refractivity contribution in [1.29, 1.82) is 0 Å². The molecule has 1 atom stereocenters. The monoisotopic (exact) mass is 275 g/mol. The molecule has 6 nitrogen and oxygen atoms in total. The quantitative estimate of drug-likeness (QED) is 0.666. The lowest BCUT2D eigenvalue weighted by atomic mass is 9.79. The van der Waals surface area contributed by atoms with Gasteiger partial charge in [0.25, 0.3) is 16.0 Å². The smallest absolute Gasteiger partial charge is 0.265 e. The molecule has 0 aromatic heterocycles. The van der Waals surface area contributed by atoms with E-state index in [1.807, 2.05) is 0 Å². The molecule has 1 heterocycles. The average Bonchev–Trinajstić information content (AvgIpc) is 2.47. The fraction of sp³-hybridized carbons (Fsp3) is 0.818. The summed E-state index contributed by atoms with van der Waals surface area (Å²) in [5.41, 5.74) is -0.402. The highest BCUT2D eigenvalue weighted by atomic mass is 32.2. The summed E-state index contributed by atoms with van der Waals surface area (Å²) in [5, 5.41) is 0. The van der Waals surface area contributed by atoms with E-state index in [1.54, 1.807) is 11.9 Å². The van der Waals surface area contributed by atoms with E-state index in [4.69, 9.17) is 4.18 Å². The van der Waals surface area contributed by atoms with Gasteiger partial charge in [0.2, 0.25) is 0 Å². The lowest BCUT2D eigenvalue weighted by Gasteiger charge is -2.38. The predicted molar refractivity (Wildman–Crippen MR) is 63.3 cm³/mol. The third-order valence-electron chi connectivity index (χ3n) is 3.91. The second-order valence-corrected chi connectivity index (χ2v) is 6.75. The predicted octanol–water partition coefficient (Wildman–Crippen LogP) is 0.0752. The van der Waals surface area contributed by atoms with Crippen LogP contribution in [0.15, 0.2) is 0 Å².